The van der Waals surface area contributed by atoms with Crippen LogP contribution in [0, 0.1) is 5.92 Å². The first-order chi connectivity index (χ1) is 15.7. The van der Waals surface area contributed by atoms with Crippen molar-refractivity contribution in [1.82, 2.24) is 4.90 Å². The number of rotatable bonds is 9. The summed E-state index contributed by atoms with van der Waals surface area (Å²) in [6, 6.07) is 9.81. The second-order valence-electron chi connectivity index (χ2n) is 8.49. The number of sulfone groups is 1. The Kier molecular flexibility index (Phi) is 6.34. The molecule has 2 aromatic rings. The molecule has 33 heavy (non-hydrogen) atoms. The van der Waals surface area contributed by atoms with Gasteiger partial charge in [-0.15, -0.1) is 0 Å². The lowest BCUT2D eigenvalue weighted by atomic mass is 10.1. The second kappa shape index (κ2) is 9.05. The van der Waals surface area contributed by atoms with Crippen molar-refractivity contribution in [3.8, 4) is 11.5 Å². The molecule has 1 aliphatic carbocycles. The molecule has 0 spiro atoms. The number of nitrogens with one attached hydrogen (secondary N) is 1. The largest absolute Gasteiger partial charge is 0.493 e. The van der Waals surface area contributed by atoms with Gasteiger partial charge in [-0.2, -0.15) is 0 Å². The first-order valence-corrected chi connectivity index (χ1v) is 13.0. The van der Waals surface area contributed by atoms with Gasteiger partial charge in [-0.05, 0) is 49.1 Å². The maximum absolute atomic E-state index is 13.5. The fourth-order valence-electron chi connectivity index (χ4n) is 4.14. The topological polar surface area (TPSA) is 102 Å². The van der Waals surface area contributed by atoms with Crippen molar-refractivity contribution < 1.29 is 27.5 Å². The van der Waals surface area contributed by atoms with Gasteiger partial charge in [0.25, 0.3) is 5.91 Å². The number of carbonyl (C=O) groups excluding carboxylic acids is 2. The summed E-state index contributed by atoms with van der Waals surface area (Å²) in [6.45, 7) is 2.50. The molecule has 176 valence electrons. The average Bonchev–Trinajstić information content (AvgIpc) is 3.56. The highest BCUT2D eigenvalue weighted by molar-refractivity contribution is 7.90. The third kappa shape index (κ3) is 4.98. The van der Waals surface area contributed by atoms with E-state index >= 15 is 0 Å². The molecule has 1 aliphatic heterocycles. The van der Waals surface area contributed by atoms with Crippen molar-refractivity contribution in [2.45, 2.75) is 32.4 Å². The van der Waals surface area contributed by atoms with Gasteiger partial charge in [0.15, 0.2) is 11.5 Å². The number of hydrogen-bond donors (Lipinski definition) is 1. The molecule has 0 unspecified atom stereocenters. The molecular formula is C24H28N2O6S. The van der Waals surface area contributed by atoms with Crippen molar-refractivity contribution in [3.63, 3.8) is 0 Å². The number of ether oxygens (including phenoxy) is 2. The van der Waals surface area contributed by atoms with Gasteiger partial charge in [0.1, 0.15) is 9.84 Å². The number of methoxy groups -OCH3 is 1. The zero-order chi connectivity index (χ0) is 23.8. The summed E-state index contributed by atoms with van der Waals surface area (Å²) in [5.41, 5.74) is 2.28. The van der Waals surface area contributed by atoms with Crippen LogP contribution >= 0.6 is 0 Å². The monoisotopic (exact) mass is 472 g/mol. The van der Waals surface area contributed by atoms with Gasteiger partial charge in [-0.3, -0.25) is 9.59 Å². The molecule has 2 amide bonds. The molecule has 0 radical (unpaired) electrons. The van der Waals surface area contributed by atoms with Crippen LogP contribution in [-0.2, 0) is 21.2 Å². The van der Waals surface area contributed by atoms with Crippen molar-refractivity contribution in [3.05, 3.63) is 53.1 Å². The van der Waals surface area contributed by atoms with Gasteiger partial charge < -0.3 is 19.7 Å². The highest BCUT2D eigenvalue weighted by Crippen LogP contribution is 2.39. The van der Waals surface area contributed by atoms with Gasteiger partial charge in [0, 0.05) is 18.7 Å². The van der Waals surface area contributed by atoms with Crippen LogP contribution in [0.4, 0.5) is 5.69 Å². The number of benzene rings is 2. The Hall–Kier alpha value is -3.07. The smallest absolute Gasteiger partial charge is 0.257 e. The number of hydrogen-bond acceptors (Lipinski definition) is 6. The van der Waals surface area contributed by atoms with E-state index in [9.17, 15) is 18.0 Å². The zero-order valence-electron chi connectivity index (χ0n) is 19.0. The molecule has 2 aliphatic rings. The van der Waals surface area contributed by atoms with Crippen LogP contribution in [0.2, 0.25) is 0 Å². The molecule has 1 atom stereocenters. The van der Waals surface area contributed by atoms with Gasteiger partial charge >= 0.3 is 0 Å². The molecule has 2 aromatic carbocycles. The first kappa shape index (κ1) is 23.1. The summed E-state index contributed by atoms with van der Waals surface area (Å²) in [5.74, 6) is 0.382. The summed E-state index contributed by atoms with van der Waals surface area (Å²) in [4.78, 5) is 27.4. The Morgan fingerprint density at radius 1 is 1.21 bits per heavy atom. The predicted octanol–water partition coefficient (Wildman–Crippen LogP) is 3.18. The molecule has 8 nitrogen and oxygen atoms in total. The van der Waals surface area contributed by atoms with E-state index in [4.69, 9.17) is 9.47 Å². The molecule has 1 N–H and O–H groups in total. The van der Waals surface area contributed by atoms with Gasteiger partial charge in [0.2, 0.25) is 5.91 Å². The predicted molar refractivity (Wildman–Crippen MR) is 124 cm³/mol. The fraction of sp³-hybridized carbons (Fsp3) is 0.417. The van der Waals surface area contributed by atoms with Gasteiger partial charge in [-0.25, -0.2) is 8.42 Å². The lowest BCUT2D eigenvalue weighted by molar-refractivity contribution is -0.117. The van der Waals surface area contributed by atoms with Crippen LogP contribution in [0.5, 0.6) is 11.5 Å². The molecule has 0 bridgehead atoms. The van der Waals surface area contributed by atoms with E-state index in [2.05, 4.69) is 5.32 Å². The highest BCUT2D eigenvalue weighted by atomic mass is 32.2. The number of carbonyl (C=O) groups is 2. The first-order valence-electron chi connectivity index (χ1n) is 10.9. The number of anilines is 1. The highest BCUT2D eigenvalue weighted by Gasteiger charge is 2.38. The Bertz CT molecular complexity index is 1190. The van der Waals surface area contributed by atoms with E-state index in [0.717, 1.165) is 24.7 Å². The van der Waals surface area contributed by atoms with Crippen LogP contribution in [0.15, 0.2) is 36.4 Å². The van der Waals surface area contributed by atoms with Crippen molar-refractivity contribution >= 4 is 27.3 Å². The third-order valence-electron chi connectivity index (χ3n) is 5.88. The van der Waals surface area contributed by atoms with E-state index in [1.54, 1.807) is 35.2 Å². The Morgan fingerprint density at radius 2 is 1.97 bits per heavy atom. The second-order valence-corrected chi connectivity index (χ2v) is 10.7. The van der Waals surface area contributed by atoms with Crippen LogP contribution in [0.1, 0.15) is 47.3 Å². The normalized spacial score (nSPS) is 16.3. The lowest BCUT2D eigenvalue weighted by Crippen LogP contribution is -2.34. The molecular weight excluding hydrogens is 444 g/mol. The fourth-order valence-corrected chi connectivity index (χ4v) is 5.09. The summed E-state index contributed by atoms with van der Waals surface area (Å²) in [5, 5.41) is 2.88. The van der Waals surface area contributed by atoms with Crippen LogP contribution in [0.3, 0.4) is 0 Å². The minimum absolute atomic E-state index is 0.00253. The zero-order valence-corrected chi connectivity index (χ0v) is 19.8. The SMILES string of the molecule is CCOc1cc([C@@H](CS(C)(=O)=O)N2Cc3cccc(NC(=O)C4CC4)c3C2=O)ccc1OC. The van der Waals surface area contributed by atoms with Crippen LogP contribution in [0.25, 0.3) is 0 Å². The molecule has 4 rings (SSSR count). The maximum Gasteiger partial charge on any atom is 0.257 e. The van der Waals surface area contributed by atoms with Crippen molar-refractivity contribution in [2.24, 2.45) is 5.92 Å². The Labute approximate surface area is 193 Å². The van der Waals surface area contributed by atoms with E-state index in [1.165, 1.54) is 7.11 Å². The van der Waals surface area contributed by atoms with Gasteiger partial charge in [0.05, 0.1) is 36.8 Å². The van der Waals surface area contributed by atoms with E-state index in [0.29, 0.717) is 34.9 Å². The molecule has 9 heteroatoms. The quantitative estimate of drug-likeness (QED) is 0.601. The average molecular weight is 473 g/mol. The molecule has 0 aromatic heterocycles. The van der Waals surface area contributed by atoms with Crippen molar-refractivity contribution in [1.29, 1.82) is 0 Å². The molecule has 1 fully saturated rings. The summed E-state index contributed by atoms with van der Waals surface area (Å²) in [7, 11) is -1.90. The maximum atomic E-state index is 13.5. The molecule has 0 saturated heterocycles. The number of nitrogens with zero attached hydrogens (tertiary/aromatic N) is 1. The summed E-state index contributed by atoms with van der Waals surface area (Å²) >= 11 is 0. The number of fused-ring (bicyclic) bond motifs is 1. The van der Waals surface area contributed by atoms with E-state index < -0.39 is 15.9 Å². The van der Waals surface area contributed by atoms with Gasteiger partial charge in [-0.1, -0.05) is 18.2 Å². The number of amides is 2. The minimum atomic E-state index is -3.43. The van der Waals surface area contributed by atoms with Crippen LogP contribution in [-0.4, -0.2) is 50.9 Å². The molecule has 1 heterocycles. The minimum Gasteiger partial charge on any atom is -0.493 e. The molecule has 1 saturated carbocycles. The van der Waals surface area contributed by atoms with E-state index in [1.807, 2.05) is 13.0 Å². The van der Waals surface area contributed by atoms with Crippen molar-refractivity contribution in [2.75, 3.05) is 31.0 Å². The summed E-state index contributed by atoms with van der Waals surface area (Å²) < 4.78 is 35.7. The Balaban J connectivity index is 1.70. The van der Waals surface area contributed by atoms with Crippen LogP contribution < -0.4 is 14.8 Å². The Morgan fingerprint density at radius 3 is 2.61 bits per heavy atom. The lowest BCUT2D eigenvalue weighted by Gasteiger charge is -2.28. The summed E-state index contributed by atoms with van der Waals surface area (Å²) in [6.07, 6.45) is 2.87. The van der Waals surface area contributed by atoms with E-state index in [-0.39, 0.29) is 30.0 Å². The standard InChI is InChI=1S/C24H28N2O6S/c1-4-32-21-12-16(10-11-20(21)31-2)19(14-33(3,29)30)26-13-17-6-5-7-18(22(17)24(26)28)25-23(27)15-8-9-15/h5-7,10-12,15,19H,4,8-9,13-14H2,1-3H3,(H,25,27)/t19-/m1/s1. The third-order valence-corrected chi connectivity index (χ3v) is 6.80.